The Kier molecular flexibility index (Phi) is 4.56. The van der Waals surface area contributed by atoms with Crippen molar-refractivity contribution in [2.24, 2.45) is 0 Å². The molecule has 0 saturated carbocycles. The van der Waals surface area contributed by atoms with Gasteiger partial charge in [-0.05, 0) is 24.8 Å². The number of amides is 1. The van der Waals surface area contributed by atoms with E-state index in [-0.39, 0.29) is 5.91 Å². The maximum atomic E-state index is 11.8. The van der Waals surface area contributed by atoms with Crippen LogP contribution >= 0.6 is 15.9 Å². The molecule has 0 bridgehead atoms. The highest BCUT2D eigenvalue weighted by atomic mass is 79.9. The van der Waals surface area contributed by atoms with Crippen LogP contribution in [-0.4, -0.2) is 17.4 Å². The summed E-state index contributed by atoms with van der Waals surface area (Å²) in [5.74, 6) is 0.0689. The van der Waals surface area contributed by atoms with Crippen LogP contribution < -0.4 is 0 Å². The molecule has 0 saturated heterocycles. The molecule has 1 amide bonds. The number of halogens is 1. The molecule has 0 aliphatic heterocycles. The van der Waals surface area contributed by atoms with Crippen molar-refractivity contribution in [3.05, 3.63) is 47.1 Å². The third-order valence-electron chi connectivity index (χ3n) is 2.18. The average Bonchev–Trinajstić information content (AvgIpc) is 2.23. The fourth-order valence-corrected chi connectivity index (χ4v) is 1.74. The summed E-state index contributed by atoms with van der Waals surface area (Å²) in [6.45, 7) is 6.20. The van der Waals surface area contributed by atoms with Crippen LogP contribution in [0.3, 0.4) is 0 Å². The fourth-order valence-electron chi connectivity index (χ4n) is 1.31. The molecule has 0 spiro atoms. The van der Waals surface area contributed by atoms with Crippen LogP contribution in [0.5, 0.6) is 0 Å². The first-order chi connectivity index (χ1) is 7.19. The number of likely N-dealkylation sites (N-methyl/N-ethyl adjacent to an activating group) is 1. The van der Waals surface area contributed by atoms with Gasteiger partial charge in [-0.3, -0.25) is 4.79 Å². The largest absolute Gasteiger partial charge is 0.320 e. The van der Waals surface area contributed by atoms with Gasteiger partial charge in [0.2, 0.25) is 5.91 Å². The maximum absolute atomic E-state index is 11.8. The summed E-state index contributed by atoms with van der Waals surface area (Å²) in [6, 6.07) is 7.74. The number of hydrogen-bond donors (Lipinski definition) is 0. The second-order valence-corrected chi connectivity index (χ2v) is 3.98. The Morgan fingerprint density at radius 2 is 2.20 bits per heavy atom. The average molecular weight is 268 g/mol. The zero-order valence-electron chi connectivity index (χ0n) is 8.74. The van der Waals surface area contributed by atoms with E-state index in [0.29, 0.717) is 13.0 Å². The number of nitrogens with zero attached hydrogens (tertiary/aromatic N) is 1. The van der Waals surface area contributed by atoms with E-state index in [1.54, 1.807) is 11.1 Å². The quantitative estimate of drug-likeness (QED) is 0.822. The standard InChI is InChI=1S/C12H14BrNO/c1-3-14(4-2)12(15)9-10-7-5-6-8-11(10)13/h3,5-8H,1,4,9H2,2H3. The Hall–Kier alpha value is -1.09. The van der Waals surface area contributed by atoms with E-state index >= 15 is 0 Å². The molecule has 0 heterocycles. The zero-order valence-corrected chi connectivity index (χ0v) is 10.3. The lowest BCUT2D eigenvalue weighted by Crippen LogP contribution is -2.26. The Bertz CT molecular complexity index is 362. The molecule has 2 nitrogen and oxygen atoms in total. The SMILES string of the molecule is C=CN(CC)C(=O)Cc1ccccc1Br. The van der Waals surface area contributed by atoms with E-state index in [1.165, 1.54) is 0 Å². The lowest BCUT2D eigenvalue weighted by atomic mass is 10.1. The second kappa shape index (κ2) is 5.71. The van der Waals surface area contributed by atoms with E-state index in [4.69, 9.17) is 0 Å². The van der Waals surface area contributed by atoms with Crippen LogP contribution in [-0.2, 0) is 11.2 Å². The van der Waals surface area contributed by atoms with E-state index in [9.17, 15) is 4.79 Å². The summed E-state index contributed by atoms with van der Waals surface area (Å²) < 4.78 is 0.971. The molecule has 1 rings (SSSR count). The number of benzene rings is 1. The number of carbonyl (C=O) groups is 1. The van der Waals surface area contributed by atoms with Crippen molar-refractivity contribution in [1.29, 1.82) is 0 Å². The molecule has 0 aliphatic carbocycles. The van der Waals surface area contributed by atoms with Gasteiger partial charge in [0.05, 0.1) is 6.42 Å². The van der Waals surface area contributed by atoms with Crippen molar-refractivity contribution >= 4 is 21.8 Å². The first-order valence-electron chi connectivity index (χ1n) is 4.84. The number of rotatable bonds is 4. The zero-order chi connectivity index (χ0) is 11.3. The highest BCUT2D eigenvalue weighted by molar-refractivity contribution is 9.10. The molecule has 15 heavy (non-hydrogen) atoms. The van der Waals surface area contributed by atoms with Crippen molar-refractivity contribution in [3.63, 3.8) is 0 Å². The van der Waals surface area contributed by atoms with Crippen LogP contribution in [0, 0.1) is 0 Å². The van der Waals surface area contributed by atoms with Crippen molar-refractivity contribution in [2.45, 2.75) is 13.3 Å². The molecule has 0 atom stereocenters. The molecule has 80 valence electrons. The summed E-state index contributed by atoms with van der Waals surface area (Å²) in [5, 5.41) is 0. The summed E-state index contributed by atoms with van der Waals surface area (Å²) in [4.78, 5) is 13.4. The van der Waals surface area contributed by atoms with Crippen LogP contribution in [0.4, 0.5) is 0 Å². The Balaban J connectivity index is 2.74. The monoisotopic (exact) mass is 267 g/mol. The molecule has 1 aromatic rings. The summed E-state index contributed by atoms with van der Waals surface area (Å²) in [6.07, 6.45) is 1.97. The van der Waals surface area contributed by atoms with E-state index in [1.807, 2.05) is 31.2 Å². The molecule has 0 N–H and O–H groups in total. The first-order valence-corrected chi connectivity index (χ1v) is 5.63. The second-order valence-electron chi connectivity index (χ2n) is 3.13. The predicted molar refractivity (Wildman–Crippen MR) is 65.4 cm³/mol. The topological polar surface area (TPSA) is 20.3 Å². The van der Waals surface area contributed by atoms with Gasteiger partial charge in [0.15, 0.2) is 0 Å². The number of hydrogen-bond acceptors (Lipinski definition) is 1. The van der Waals surface area contributed by atoms with Gasteiger partial charge in [0, 0.05) is 11.0 Å². The molecule has 1 aromatic carbocycles. The lowest BCUT2D eigenvalue weighted by molar-refractivity contribution is -0.127. The molecule has 0 aliphatic rings. The molecule has 0 fully saturated rings. The highest BCUT2D eigenvalue weighted by Gasteiger charge is 2.10. The van der Waals surface area contributed by atoms with Gasteiger partial charge in [0.1, 0.15) is 0 Å². The van der Waals surface area contributed by atoms with Crippen LogP contribution in [0.25, 0.3) is 0 Å². The minimum atomic E-state index is 0.0689. The van der Waals surface area contributed by atoms with Gasteiger partial charge < -0.3 is 4.90 Å². The van der Waals surface area contributed by atoms with Gasteiger partial charge in [-0.2, -0.15) is 0 Å². The fraction of sp³-hybridized carbons (Fsp3) is 0.250. The van der Waals surface area contributed by atoms with Gasteiger partial charge >= 0.3 is 0 Å². The smallest absolute Gasteiger partial charge is 0.230 e. The summed E-state index contributed by atoms with van der Waals surface area (Å²) in [5.41, 5.74) is 1.00. The van der Waals surface area contributed by atoms with Gasteiger partial charge in [-0.1, -0.05) is 40.7 Å². The minimum Gasteiger partial charge on any atom is -0.320 e. The Morgan fingerprint density at radius 3 is 2.73 bits per heavy atom. The van der Waals surface area contributed by atoms with Crippen molar-refractivity contribution < 1.29 is 4.79 Å². The third-order valence-corrected chi connectivity index (χ3v) is 2.95. The van der Waals surface area contributed by atoms with E-state index < -0.39 is 0 Å². The molecule has 3 heteroatoms. The highest BCUT2D eigenvalue weighted by Crippen LogP contribution is 2.17. The van der Waals surface area contributed by atoms with Gasteiger partial charge in [0.25, 0.3) is 0 Å². The van der Waals surface area contributed by atoms with Crippen LogP contribution in [0.15, 0.2) is 41.5 Å². The normalized spacial score (nSPS) is 9.73. The Morgan fingerprint density at radius 1 is 1.53 bits per heavy atom. The van der Waals surface area contributed by atoms with Crippen molar-refractivity contribution in [3.8, 4) is 0 Å². The molecule has 0 aromatic heterocycles. The molecular weight excluding hydrogens is 254 g/mol. The minimum absolute atomic E-state index is 0.0689. The summed E-state index contributed by atoms with van der Waals surface area (Å²) >= 11 is 3.42. The maximum Gasteiger partial charge on any atom is 0.230 e. The lowest BCUT2D eigenvalue weighted by Gasteiger charge is -2.15. The van der Waals surface area contributed by atoms with E-state index in [0.717, 1.165) is 10.0 Å². The van der Waals surface area contributed by atoms with Crippen LogP contribution in [0.2, 0.25) is 0 Å². The first kappa shape index (κ1) is 12.0. The molecule has 0 radical (unpaired) electrons. The Labute approximate surface area is 98.7 Å². The molecular formula is C12H14BrNO. The van der Waals surface area contributed by atoms with Crippen molar-refractivity contribution in [1.82, 2.24) is 4.90 Å². The van der Waals surface area contributed by atoms with E-state index in [2.05, 4.69) is 22.5 Å². The van der Waals surface area contributed by atoms with Crippen molar-refractivity contribution in [2.75, 3.05) is 6.54 Å². The van der Waals surface area contributed by atoms with Gasteiger partial charge in [-0.15, -0.1) is 0 Å². The predicted octanol–water partition coefficient (Wildman–Crippen LogP) is 2.98. The summed E-state index contributed by atoms with van der Waals surface area (Å²) in [7, 11) is 0. The third kappa shape index (κ3) is 3.20. The van der Waals surface area contributed by atoms with Crippen LogP contribution in [0.1, 0.15) is 12.5 Å². The van der Waals surface area contributed by atoms with Gasteiger partial charge in [-0.25, -0.2) is 0 Å². The number of carbonyl (C=O) groups excluding carboxylic acids is 1. The molecule has 0 unspecified atom stereocenters.